The van der Waals surface area contributed by atoms with Crippen molar-refractivity contribution in [3.63, 3.8) is 0 Å². The third-order valence-electron chi connectivity index (χ3n) is 3.79. The van der Waals surface area contributed by atoms with E-state index in [0.29, 0.717) is 12.5 Å². The number of ether oxygens (including phenoxy) is 1. The van der Waals surface area contributed by atoms with Crippen LogP contribution in [0.25, 0.3) is 0 Å². The van der Waals surface area contributed by atoms with Gasteiger partial charge in [0.05, 0.1) is 0 Å². The molecule has 0 radical (unpaired) electrons. The largest absolute Gasteiger partial charge is 0.476 e. The van der Waals surface area contributed by atoms with E-state index in [-0.39, 0.29) is 0 Å². The first kappa shape index (κ1) is 14.8. The molecular formula is C16H22N2O2. The lowest BCUT2D eigenvalue weighted by molar-refractivity contribution is 0.127. The zero-order valence-corrected chi connectivity index (χ0v) is 12.0. The van der Waals surface area contributed by atoms with Crippen LogP contribution in [0.5, 0.6) is 5.75 Å². The number of piperidine rings is 1. The molecule has 0 spiro atoms. The van der Waals surface area contributed by atoms with Gasteiger partial charge in [-0.15, -0.1) is 0 Å². The van der Waals surface area contributed by atoms with Crippen molar-refractivity contribution in [1.29, 1.82) is 5.26 Å². The summed E-state index contributed by atoms with van der Waals surface area (Å²) in [5.41, 5.74) is 1.25. The van der Waals surface area contributed by atoms with Gasteiger partial charge in [0.1, 0.15) is 11.8 Å². The highest BCUT2D eigenvalue weighted by molar-refractivity contribution is 5.27. The molecule has 4 heteroatoms. The summed E-state index contributed by atoms with van der Waals surface area (Å²) in [6.07, 6.45) is 1.74. The van der Waals surface area contributed by atoms with E-state index in [9.17, 15) is 0 Å². The van der Waals surface area contributed by atoms with Gasteiger partial charge in [-0.2, -0.15) is 5.26 Å². The molecule has 108 valence electrons. The first-order valence-electron chi connectivity index (χ1n) is 7.19. The van der Waals surface area contributed by atoms with Gasteiger partial charge in [-0.05, 0) is 56.5 Å². The van der Waals surface area contributed by atoms with Crippen LogP contribution in [0.1, 0.15) is 25.3 Å². The molecule has 1 aliphatic heterocycles. The number of benzene rings is 1. The second-order valence-corrected chi connectivity index (χ2v) is 5.44. The van der Waals surface area contributed by atoms with Crippen molar-refractivity contribution in [1.82, 2.24) is 4.90 Å². The van der Waals surface area contributed by atoms with Crippen LogP contribution in [-0.4, -0.2) is 35.8 Å². The predicted octanol–water partition coefficient (Wildman–Crippen LogP) is 2.18. The number of rotatable bonds is 5. The smallest absolute Gasteiger partial charge is 0.181 e. The average Bonchev–Trinajstić information content (AvgIpc) is 2.50. The van der Waals surface area contributed by atoms with Crippen LogP contribution < -0.4 is 4.74 Å². The van der Waals surface area contributed by atoms with Gasteiger partial charge in [-0.3, -0.25) is 4.90 Å². The molecule has 1 atom stereocenters. The Labute approximate surface area is 120 Å². The fourth-order valence-corrected chi connectivity index (χ4v) is 2.49. The summed E-state index contributed by atoms with van der Waals surface area (Å²) in [6, 6.07) is 10.00. The molecule has 0 saturated carbocycles. The molecule has 20 heavy (non-hydrogen) atoms. The van der Waals surface area contributed by atoms with Gasteiger partial charge >= 0.3 is 0 Å². The van der Waals surface area contributed by atoms with Crippen molar-refractivity contribution in [3.8, 4) is 11.8 Å². The first-order chi connectivity index (χ1) is 9.71. The van der Waals surface area contributed by atoms with Crippen molar-refractivity contribution in [2.45, 2.75) is 32.4 Å². The fourth-order valence-electron chi connectivity index (χ4n) is 2.49. The molecule has 2 rings (SSSR count). The van der Waals surface area contributed by atoms with Crippen molar-refractivity contribution in [3.05, 3.63) is 29.8 Å². The minimum Gasteiger partial charge on any atom is -0.476 e. The van der Waals surface area contributed by atoms with Crippen molar-refractivity contribution < 1.29 is 9.84 Å². The van der Waals surface area contributed by atoms with Crippen molar-refractivity contribution >= 4 is 0 Å². The molecule has 0 amide bonds. The number of hydrogen-bond acceptors (Lipinski definition) is 4. The Morgan fingerprint density at radius 1 is 1.35 bits per heavy atom. The van der Waals surface area contributed by atoms with E-state index in [1.54, 1.807) is 6.92 Å². The number of aliphatic hydroxyl groups excluding tert-OH is 1. The average molecular weight is 274 g/mol. The molecule has 4 nitrogen and oxygen atoms in total. The maximum atomic E-state index is 9.13. The van der Waals surface area contributed by atoms with Crippen LogP contribution in [0.3, 0.4) is 0 Å². The van der Waals surface area contributed by atoms with Crippen LogP contribution in [0.15, 0.2) is 24.3 Å². The third-order valence-corrected chi connectivity index (χ3v) is 3.79. The summed E-state index contributed by atoms with van der Waals surface area (Å²) in [6.45, 7) is 5.09. The maximum absolute atomic E-state index is 9.13. The van der Waals surface area contributed by atoms with Crippen molar-refractivity contribution in [2.75, 3.05) is 19.7 Å². The Hall–Kier alpha value is -1.57. The lowest BCUT2D eigenvalue weighted by Gasteiger charge is -2.31. The zero-order valence-electron chi connectivity index (χ0n) is 12.0. The standard InChI is InChI=1S/C16H22N2O2/c1-13(10-17)20-16-4-2-14(3-5-16)11-18-8-6-15(12-19)7-9-18/h2-5,13,15,19H,6-9,11-12H2,1H3. The fraction of sp³-hybridized carbons (Fsp3) is 0.562. The van der Waals surface area contributed by atoms with Crippen LogP contribution in [0.4, 0.5) is 0 Å². The van der Waals surface area contributed by atoms with E-state index < -0.39 is 6.10 Å². The Bertz CT molecular complexity index is 445. The first-order valence-corrected chi connectivity index (χ1v) is 7.19. The van der Waals surface area contributed by atoms with E-state index in [2.05, 4.69) is 23.1 Å². The highest BCUT2D eigenvalue weighted by Gasteiger charge is 2.18. The Balaban J connectivity index is 1.84. The minimum atomic E-state index is -0.418. The number of likely N-dealkylation sites (tertiary alicyclic amines) is 1. The van der Waals surface area contributed by atoms with Gasteiger partial charge in [-0.1, -0.05) is 12.1 Å². The van der Waals surface area contributed by atoms with E-state index in [1.165, 1.54) is 5.56 Å². The topological polar surface area (TPSA) is 56.5 Å². The predicted molar refractivity (Wildman–Crippen MR) is 77.2 cm³/mol. The SMILES string of the molecule is CC(C#N)Oc1ccc(CN2CCC(CO)CC2)cc1. The highest BCUT2D eigenvalue weighted by atomic mass is 16.5. The molecule has 0 bridgehead atoms. The van der Waals surface area contributed by atoms with Crippen LogP contribution in [0.2, 0.25) is 0 Å². The minimum absolute atomic E-state index is 0.316. The summed E-state index contributed by atoms with van der Waals surface area (Å²) < 4.78 is 5.43. The Morgan fingerprint density at radius 2 is 2.00 bits per heavy atom. The summed E-state index contributed by atoms with van der Waals surface area (Å²) in [5.74, 6) is 1.22. The molecule has 1 fully saturated rings. The van der Waals surface area contributed by atoms with E-state index in [1.807, 2.05) is 12.1 Å². The molecule has 1 unspecified atom stereocenters. The second kappa shape index (κ2) is 7.28. The number of hydrogen-bond donors (Lipinski definition) is 1. The molecule has 0 aromatic heterocycles. The van der Waals surface area contributed by atoms with Crippen LogP contribution >= 0.6 is 0 Å². The Morgan fingerprint density at radius 3 is 2.55 bits per heavy atom. The number of aliphatic hydroxyl groups is 1. The number of nitrogens with zero attached hydrogens (tertiary/aromatic N) is 2. The van der Waals surface area contributed by atoms with Gasteiger partial charge in [0.2, 0.25) is 0 Å². The van der Waals surface area contributed by atoms with Crippen molar-refractivity contribution in [2.24, 2.45) is 5.92 Å². The van der Waals surface area contributed by atoms with Gasteiger partial charge in [0.15, 0.2) is 6.10 Å². The van der Waals surface area contributed by atoms with Gasteiger partial charge in [0.25, 0.3) is 0 Å². The van der Waals surface area contributed by atoms with Crippen LogP contribution in [0, 0.1) is 17.2 Å². The zero-order chi connectivity index (χ0) is 14.4. The highest BCUT2D eigenvalue weighted by Crippen LogP contribution is 2.20. The lowest BCUT2D eigenvalue weighted by Crippen LogP contribution is -2.34. The van der Waals surface area contributed by atoms with E-state index >= 15 is 0 Å². The van der Waals surface area contributed by atoms with Gasteiger partial charge < -0.3 is 9.84 Å². The van der Waals surface area contributed by atoms with Gasteiger partial charge in [-0.25, -0.2) is 0 Å². The maximum Gasteiger partial charge on any atom is 0.181 e. The van der Waals surface area contributed by atoms with E-state index in [0.717, 1.165) is 38.2 Å². The summed E-state index contributed by atoms with van der Waals surface area (Å²) in [4.78, 5) is 2.42. The molecule has 1 N–H and O–H groups in total. The summed E-state index contributed by atoms with van der Waals surface area (Å²) >= 11 is 0. The second-order valence-electron chi connectivity index (χ2n) is 5.44. The molecular weight excluding hydrogens is 252 g/mol. The number of nitriles is 1. The molecule has 1 aromatic carbocycles. The molecule has 1 aliphatic rings. The van der Waals surface area contributed by atoms with Crippen LogP contribution in [-0.2, 0) is 6.54 Å². The quantitative estimate of drug-likeness (QED) is 0.894. The summed E-state index contributed by atoms with van der Waals surface area (Å²) in [5, 5.41) is 17.8. The van der Waals surface area contributed by atoms with Gasteiger partial charge in [0, 0.05) is 13.2 Å². The monoisotopic (exact) mass is 274 g/mol. The molecule has 1 aromatic rings. The molecule has 1 heterocycles. The Kier molecular flexibility index (Phi) is 5.40. The third kappa shape index (κ3) is 4.22. The summed E-state index contributed by atoms with van der Waals surface area (Å²) in [7, 11) is 0. The normalized spacial score (nSPS) is 18.4. The molecule has 0 aliphatic carbocycles. The lowest BCUT2D eigenvalue weighted by atomic mass is 9.97. The van der Waals surface area contributed by atoms with E-state index in [4.69, 9.17) is 15.1 Å². The molecule has 1 saturated heterocycles.